The lowest BCUT2D eigenvalue weighted by Crippen LogP contribution is -2.43. The second kappa shape index (κ2) is 4.64. The molecule has 3 heterocycles. The molecule has 8 heteroatoms. The topological polar surface area (TPSA) is 106 Å². The van der Waals surface area contributed by atoms with E-state index in [1.54, 1.807) is 6.07 Å². The molecular weight excluding hydrogens is 282 g/mol. The fourth-order valence-corrected chi connectivity index (χ4v) is 3.31. The number of hydrogen-bond acceptors (Lipinski definition) is 4. The van der Waals surface area contributed by atoms with Gasteiger partial charge in [0, 0.05) is 17.6 Å². The molecule has 0 saturated heterocycles. The zero-order chi connectivity index (χ0) is 14.3. The number of amides is 1. The van der Waals surface area contributed by atoms with Crippen LogP contribution in [-0.4, -0.2) is 38.4 Å². The van der Waals surface area contributed by atoms with E-state index in [0.717, 1.165) is 4.88 Å². The van der Waals surface area contributed by atoms with Gasteiger partial charge in [0.2, 0.25) is 0 Å². The van der Waals surface area contributed by atoms with Crippen LogP contribution in [-0.2, 0) is 11.2 Å². The summed E-state index contributed by atoms with van der Waals surface area (Å²) in [7, 11) is 0. The molecule has 0 spiro atoms. The quantitative estimate of drug-likeness (QED) is 0.753. The van der Waals surface area contributed by atoms with E-state index in [4.69, 9.17) is 0 Å². The number of hydrogen-bond donors (Lipinski definition) is 3. The van der Waals surface area contributed by atoms with Crippen LogP contribution in [0.4, 0.5) is 0 Å². The van der Waals surface area contributed by atoms with Gasteiger partial charge in [0.05, 0.1) is 0 Å². The lowest BCUT2D eigenvalue weighted by molar-refractivity contribution is -0.142. The summed E-state index contributed by atoms with van der Waals surface area (Å²) in [6.45, 7) is 0.316. The van der Waals surface area contributed by atoms with Crippen molar-refractivity contribution in [2.24, 2.45) is 0 Å². The van der Waals surface area contributed by atoms with Gasteiger partial charge in [0.25, 0.3) is 5.91 Å². The SMILES string of the molecule is O=C(O)C1c2ccsc2CCN1C(=O)c1c[nH]c(=O)[nH]1. The van der Waals surface area contributed by atoms with Gasteiger partial charge in [-0.1, -0.05) is 0 Å². The van der Waals surface area contributed by atoms with Crippen LogP contribution in [0, 0.1) is 0 Å². The Morgan fingerprint density at radius 3 is 2.90 bits per heavy atom. The van der Waals surface area contributed by atoms with Crippen molar-refractivity contribution in [3.8, 4) is 0 Å². The van der Waals surface area contributed by atoms with Crippen molar-refractivity contribution in [2.45, 2.75) is 12.5 Å². The molecule has 0 aliphatic carbocycles. The summed E-state index contributed by atoms with van der Waals surface area (Å²) >= 11 is 1.49. The average molecular weight is 293 g/mol. The third-order valence-corrected chi connectivity index (χ3v) is 4.28. The van der Waals surface area contributed by atoms with Crippen molar-refractivity contribution < 1.29 is 14.7 Å². The Hall–Kier alpha value is -2.35. The standard InChI is InChI=1S/C12H11N3O4S/c16-10(7-5-13-12(19)14-7)15-3-1-8-6(2-4-20-8)9(15)11(17)18/h2,4-5,9H,1,3H2,(H,17,18)(H2,13,14,19). The van der Waals surface area contributed by atoms with Crippen LogP contribution < -0.4 is 5.69 Å². The number of aliphatic carboxylic acids is 1. The van der Waals surface area contributed by atoms with Crippen LogP contribution in [0.5, 0.6) is 0 Å². The number of rotatable bonds is 2. The number of aromatic nitrogens is 2. The molecule has 1 aliphatic rings. The predicted molar refractivity (Wildman–Crippen MR) is 70.8 cm³/mol. The van der Waals surface area contributed by atoms with E-state index >= 15 is 0 Å². The normalized spacial score (nSPS) is 17.8. The lowest BCUT2D eigenvalue weighted by Gasteiger charge is -2.32. The van der Waals surface area contributed by atoms with E-state index in [0.29, 0.717) is 18.5 Å². The second-order valence-electron chi connectivity index (χ2n) is 4.44. The van der Waals surface area contributed by atoms with Crippen LogP contribution in [0.2, 0.25) is 0 Å². The average Bonchev–Trinajstić information content (AvgIpc) is 3.04. The molecule has 7 nitrogen and oxygen atoms in total. The molecule has 3 N–H and O–H groups in total. The molecule has 0 radical (unpaired) electrons. The minimum atomic E-state index is -1.07. The zero-order valence-electron chi connectivity index (χ0n) is 10.3. The largest absolute Gasteiger partial charge is 0.479 e. The highest BCUT2D eigenvalue weighted by atomic mass is 32.1. The van der Waals surface area contributed by atoms with Gasteiger partial charge >= 0.3 is 11.7 Å². The fraction of sp³-hybridized carbons (Fsp3) is 0.250. The molecule has 0 aromatic carbocycles. The van der Waals surface area contributed by atoms with Crippen molar-refractivity contribution in [3.05, 3.63) is 44.3 Å². The number of thiophene rings is 1. The lowest BCUT2D eigenvalue weighted by atomic mass is 9.99. The molecule has 0 saturated carbocycles. The number of carbonyl (C=O) groups is 2. The Labute approximate surface area is 116 Å². The minimum absolute atomic E-state index is 0.0694. The summed E-state index contributed by atoms with van der Waals surface area (Å²) in [5, 5.41) is 11.2. The molecule has 1 unspecified atom stereocenters. The maximum absolute atomic E-state index is 12.3. The molecule has 1 atom stereocenters. The number of carboxylic acid groups (broad SMARTS) is 1. The summed E-state index contributed by atoms with van der Waals surface area (Å²) < 4.78 is 0. The maximum Gasteiger partial charge on any atom is 0.331 e. The van der Waals surface area contributed by atoms with Crippen molar-refractivity contribution in [3.63, 3.8) is 0 Å². The Morgan fingerprint density at radius 2 is 2.25 bits per heavy atom. The molecule has 1 aliphatic heterocycles. The summed E-state index contributed by atoms with van der Waals surface area (Å²) in [5.74, 6) is -1.57. The molecule has 0 bridgehead atoms. The number of aromatic amines is 2. The van der Waals surface area contributed by atoms with Gasteiger partial charge in [-0.25, -0.2) is 9.59 Å². The van der Waals surface area contributed by atoms with Gasteiger partial charge in [-0.05, 0) is 23.4 Å². The predicted octanol–water partition coefficient (Wildman–Crippen LogP) is 0.589. The molecule has 104 valence electrons. The van der Waals surface area contributed by atoms with E-state index in [1.165, 1.54) is 22.4 Å². The van der Waals surface area contributed by atoms with E-state index in [9.17, 15) is 19.5 Å². The molecule has 20 heavy (non-hydrogen) atoms. The highest BCUT2D eigenvalue weighted by Gasteiger charge is 2.37. The summed E-state index contributed by atoms with van der Waals surface area (Å²) in [6, 6.07) is 0.730. The first-order chi connectivity index (χ1) is 9.58. The number of nitrogens with zero attached hydrogens (tertiary/aromatic N) is 1. The first-order valence-corrected chi connectivity index (χ1v) is 6.83. The summed E-state index contributed by atoms with van der Waals surface area (Å²) in [5.41, 5.74) is 0.230. The van der Waals surface area contributed by atoms with Gasteiger partial charge in [-0.15, -0.1) is 11.3 Å². The van der Waals surface area contributed by atoms with Crippen LogP contribution in [0.15, 0.2) is 22.4 Å². The molecule has 0 fully saturated rings. The van der Waals surface area contributed by atoms with Crippen LogP contribution >= 0.6 is 11.3 Å². The number of fused-ring (bicyclic) bond motifs is 1. The van der Waals surface area contributed by atoms with E-state index in [-0.39, 0.29) is 5.69 Å². The molecule has 2 aromatic heterocycles. The van der Waals surface area contributed by atoms with Crippen LogP contribution in [0.3, 0.4) is 0 Å². The number of nitrogens with one attached hydrogen (secondary N) is 2. The Bertz CT molecular complexity index is 729. The highest BCUT2D eigenvalue weighted by molar-refractivity contribution is 7.10. The van der Waals surface area contributed by atoms with E-state index < -0.39 is 23.6 Å². The zero-order valence-corrected chi connectivity index (χ0v) is 11.1. The Kier molecular flexibility index (Phi) is 2.94. The smallest absolute Gasteiger partial charge is 0.331 e. The maximum atomic E-state index is 12.3. The van der Waals surface area contributed by atoms with Gasteiger partial charge < -0.3 is 20.0 Å². The fourth-order valence-electron chi connectivity index (χ4n) is 2.40. The molecule has 2 aromatic rings. The molecule has 1 amide bonds. The minimum Gasteiger partial charge on any atom is -0.479 e. The highest BCUT2D eigenvalue weighted by Crippen LogP contribution is 2.34. The second-order valence-corrected chi connectivity index (χ2v) is 5.45. The first-order valence-electron chi connectivity index (χ1n) is 5.95. The third-order valence-electron chi connectivity index (χ3n) is 3.29. The summed E-state index contributed by atoms with van der Waals surface area (Å²) in [6.07, 6.45) is 1.88. The number of H-pyrrole nitrogens is 2. The Morgan fingerprint density at radius 1 is 1.45 bits per heavy atom. The van der Waals surface area contributed by atoms with Crippen molar-refractivity contribution in [1.82, 2.24) is 14.9 Å². The number of carbonyl (C=O) groups excluding carboxylic acids is 1. The van der Waals surface area contributed by atoms with Crippen molar-refractivity contribution in [2.75, 3.05) is 6.54 Å². The van der Waals surface area contributed by atoms with Crippen LogP contribution in [0.25, 0.3) is 0 Å². The van der Waals surface area contributed by atoms with Gasteiger partial charge in [-0.3, -0.25) is 4.79 Å². The number of imidazole rings is 1. The monoisotopic (exact) mass is 293 g/mol. The van der Waals surface area contributed by atoms with Gasteiger partial charge in [-0.2, -0.15) is 0 Å². The molecule has 3 rings (SSSR count). The van der Waals surface area contributed by atoms with E-state index in [1.807, 2.05) is 5.38 Å². The van der Waals surface area contributed by atoms with Gasteiger partial charge in [0.15, 0.2) is 6.04 Å². The van der Waals surface area contributed by atoms with Crippen molar-refractivity contribution in [1.29, 1.82) is 0 Å². The van der Waals surface area contributed by atoms with Gasteiger partial charge in [0.1, 0.15) is 5.69 Å². The first kappa shape index (κ1) is 12.7. The molecular formula is C12H11N3O4S. The number of carboxylic acids is 1. The Balaban J connectivity index is 1.99. The van der Waals surface area contributed by atoms with Crippen molar-refractivity contribution >= 4 is 23.2 Å². The summed E-state index contributed by atoms with van der Waals surface area (Å²) in [4.78, 5) is 41.9. The van der Waals surface area contributed by atoms with Crippen LogP contribution in [0.1, 0.15) is 27.0 Å². The third kappa shape index (κ3) is 1.94. The van der Waals surface area contributed by atoms with E-state index in [2.05, 4.69) is 9.97 Å².